The quantitative estimate of drug-likeness (QED) is 0.947. The molecule has 0 saturated carbocycles. The molecule has 1 aliphatic rings. The molecule has 110 valence electrons. The van der Waals surface area contributed by atoms with E-state index in [1.54, 1.807) is 21.8 Å². The second-order valence-electron chi connectivity index (χ2n) is 4.96. The zero-order valence-corrected chi connectivity index (χ0v) is 12.5. The highest BCUT2D eigenvalue weighted by molar-refractivity contribution is 6.31. The molecule has 0 fully saturated rings. The fraction of sp³-hybridized carbons (Fsp3) is 0.333. The van der Waals surface area contributed by atoms with Crippen molar-refractivity contribution in [2.24, 2.45) is 0 Å². The van der Waals surface area contributed by atoms with Crippen molar-refractivity contribution in [1.29, 1.82) is 0 Å². The molecule has 2 aromatic rings. The summed E-state index contributed by atoms with van der Waals surface area (Å²) in [6.07, 6.45) is 2.20. The van der Waals surface area contributed by atoms with Gasteiger partial charge in [0, 0.05) is 22.6 Å². The number of aromatic nitrogens is 2. The third kappa shape index (κ3) is 2.32. The number of amides is 1. The molecule has 0 saturated heterocycles. The Morgan fingerprint density at radius 3 is 3.00 bits per heavy atom. The maximum atomic E-state index is 12.2. The largest absolute Gasteiger partial charge is 0.394 e. The summed E-state index contributed by atoms with van der Waals surface area (Å²) in [6.45, 7) is 2.79. The fourth-order valence-corrected chi connectivity index (χ4v) is 2.89. The summed E-state index contributed by atoms with van der Waals surface area (Å²) in [5.74, 6) is 0.0686. The monoisotopic (exact) mass is 305 g/mol. The molecule has 2 heterocycles. The van der Waals surface area contributed by atoms with Crippen LogP contribution in [0.25, 0.3) is 11.3 Å². The zero-order valence-electron chi connectivity index (χ0n) is 11.7. The third-order valence-electron chi connectivity index (χ3n) is 3.66. The van der Waals surface area contributed by atoms with E-state index in [2.05, 4.69) is 5.10 Å². The fourth-order valence-electron chi connectivity index (χ4n) is 2.72. The topological polar surface area (TPSA) is 58.4 Å². The SMILES string of the molecule is CCC(=O)N1Cc2cnn(CCO)c2-c2cc(Cl)ccc21. The molecule has 1 aliphatic heterocycles. The Morgan fingerprint density at radius 1 is 1.48 bits per heavy atom. The molecule has 5 nitrogen and oxygen atoms in total. The van der Waals surface area contributed by atoms with Crippen molar-refractivity contribution in [3.05, 3.63) is 35.0 Å². The van der Waals surface area contributed by atoms with Gasteiger partial charge in [0.15, 0.2) is 0 Å². The first-order chi connectivity index (χ1) is 10.2. The van der Waals surface area contributed by atoms with Crippen LogP contribution in [-0.2, 0) is 17.9 Å². The smallest absolute Gasteiger partial charge is 0.227 e. The van der Waals surface area contributed by atoms with E-state index in [1.165, 1.54) is 0 Å². The average Bonchev–Trinajstić information content (AvgIpc) is 2.89. The molecule has 21 heavy (non-hydrogen) atoms. The van der Waals surface area contributed by atoms with E-state index in [4.69, 9.17) is 16.7 Å². The van der Waals surface area contributed by atoms with E-state index in [0.717, 1.165) is 22.5 Å². The molecule has 0 radical (unpaired) electrons. The lowest BCUT2D eigenvalue weighted by molar-refractivity contribution is -0.118. The number of hydrogen-bond donors (Lipinski definition) is 1. The summed E-state index contributed by atoms with van der Waals surface area (Å²) in [4.78, 5) is 13.9. The number of carbonyl (C=O) groups is 1. The normalized spacial score (nSPS) is 13.0. The Bertz CT molecular complexity index is 696. The average molecular weight is 306 g/mol. The molecule has 0 spiro atoms. The van der Waals surface area contributed by atoms with Crippen LogP contribution in [0.1, 0.15) is 18.9 Å². The highest BCUT2D eigenvalue weighted by atomic mass is 35.5. The van der Waals surface area contributed by atoms with Crippen LogP contribution in [0.3, 0.4) is 0 Å². The summed E-state index contributed by atoms with van der Waals surface area (Å²) in [7, 11) is 0. The Balaban J connectivity index is 2.18. The van der Waals surface area contributed by atoms with Gasteiger partial charge in [0.05, 0.1) is 37.3 Å². The van der Waals surface area contributed by atoms with Crippen LogP contribution in [0, 0.1) is 0 Å². The molecule has 6 heteroatoms. The number of rotatable bonds is 3. The van der Waals surface area contributed by atoms with Gasteiger partial charge in [0.1, 0.15) is 0 Å². The van der Waals surface area contributed by atoms with Gasteiger partial charge in [-0.3, -0.25) is 9.48 Å². The molecule has 0 aliphatic carbocycles. The van der Waals surface area contributed by atoms with Gasteiger partial charge in [0.2, 0.25) is 5.91 Å². The number of aliphatic hydroxyl groups excluding tert-OH is 1. The van der Waals surface area contributed by atoms with Crippen molar-refractivity contribution in [3.8, 4) is 11.3 Å². The Kier molecular flexibility index (Phi) is 3.69. The van der Waals surface area contributed by atoms with Crippen LogP contribution in [0.5, 0.6) is 0 Å². The summed E-state index contributed by atoms with van der Waals surface area (Å²) in [5, 5.41) is 14.1. The summed E-state index contributed by atoms with van der Waals surface area (Å²) in [6, 6.07) is 5.50. The van der Waals surface area contributed by atoms with Crippen molar-refractivity contribution in [3.63, 3.8) is 0 Å². The van der Waals surface area contributed by atoms with E-state index in [0.29, 0.717) is 24.5 Å². The minimum Gasteiger partial charge on any atom is -0.394 e. The number of benzene rings is 1. The van der Waals surface area contributed by atoms with Crippen molar-refractivity contribution in [1.82, 2.24) is 9.78 Å². The van der Waals surface area contributed by atoms with Gasteiger partial charge in [-0.2, -0.15) is 5.10 Å². The van der Waals surface area contributed by atoms with Crippen LogP contribution in [0.2, 0.25) is 5.02 Å². The number of nitrogens with zero attached hydrogens (tertiary/aromatic N) is 3. The molecule has 0 unspecified atom stereocenters. The standard InChI is InChI=1S/C15H16ClN3O2/c1-2-14(21)18-9-10-8-17-19(5-6-20)15(10)12-7-11(16)3-4-13(12)18/h3-4,7-8,20H,2,5-6,9H2,1H3. The summed E-state index contributed by atoms with van der Waals surface area (Å²) < 4.78 is 1.76. The first-order valence-corrected chi connectivity index (χ1v) is 7.29. The van der Waals surface area contributed by atoms with E-state index >= 15 is 0 Å². The van der Waals surface area contributed by atoms with Crippen LogP contribution < -0.4 is 4.90 Å². The summed E-state index contributed by atoms with van der Waals surface area (Å²) in [5.41, 5.74) is 3.64. The minimum atomic E-state index is 0.0155. The van der Waals surface area contributed by atoms with Gasteiger partial charge in [-0.05, 0) is 18.2 Å². The Hall–Kier alpha value is -1.85. The lowest BCUT2D eigenvalue weighted by atomic mass is 9.99. The van der Waals surface area contributed by atoms with Crippen LogP contribution in [-0.4, -0.2) is 27.4 Å². The van der Waals surface area contributed by atoms with Gasteiger partial charge in [-0.15, -0.1) is 0 Å². The number of aliphatic hydroxyl groups is 1. The molecule has 1 aromatic carbocycles. The maximum absolute atomic E-state index is 12.2. The Morgan fingerprint density at radius 2 is 2.29 bits per heavy atom. The highest BCUT2D eigenvalue weighted by Gasteiger charge is 2.28. The zero-order chi connectivity index (χ0) is 15.0. The third-order valence-corrected chi connectivity index (χ3v) is 3.90. The van der Waals surface area contributed by atoms with Gasteiger partial charge < -0.3 is 10.0 Å². The predicted octanol–water partition coefficient (Wildman–Crippen LogP) is 2.45. The van der Waals surface area contributed by atoms with Gasteiger partial charge in [-0.25, -0.2) is 0 Å². The highest BCUT2D eigenvalue weighted by Crippen LogP contribution is 2.40. The number of fused-ring (bicyclic) bond motifs is 3. The lowest BCUT2D eigenvalue weighted by Gasteiger charge is -2.30. The van der Waals surface area contributed by atoms with E-state index < -0.39 is 0 Å². The maximum Gasteiger partial charge on any atom is 0.227 e. The number of anilines is 1. The Labute approximate surface area is 127 Å². The number of hydrogen-bond acceptors (Lipinski definition) is 3. The van der Waals surface area contributed by atoms with Crippen LogP contribution >= 0.6 is 11.6 Å². The summed E-state index contributed by atoms with van der Waals surface area (Å²) >= 11 is 6.12. The minimum absolute atomic E-state index is 0.0155. The molecule has 1 aromatic heterocycles. The van der Waals surface area contributed by atoms with E-state index in [1.807, 2.05) is 19.1 Å². The first kappa shape index (κ1) is 14.1. The molecule has 0 bridgehead atoms. The predicted molar refractivity (Wildman–Crippen MR) is 81.2 cm³/mol. The van der Waals surface area contributed by atoms with Crippen molar-refractivity contribution in [2.75, 3.05) is 11.5 Å². The van der Waals surface area contributed by atoms with Crippen molar-refractivity contribution < 1.29 is 9.90 Å². The van der Waals surface area contributed by atoms with Crippen molar-refractivity contribution >= 4 is 23.2 Å². The molecule has 1 N–H and O–H groups in total. The molecular weight excluding hydrogens is 290 g/mol. The van der Waals surface area contributed by atoms with Crippen LogP contribution in [0.15, 0.2) is 24.4 Å². The van der Waals surface area contributed by atoms with E-state index in [9.17, 15) is 4.79 Å². The molecule has 1 amide bonds. The van der Waals surface area contributed by atoms with Gasteiger partial charge in [0.25, 0.3) is 0 Å². The van der Waals surface area contributed by atoms with Crippen molar-refractivity contribution in [2.45, 2.75) is 26.4 Å². The molecular formula is C15H16ClN3O2. The van der Waals surface area contributed by atoms with E-state index in [-0.39, 0.29) is 12.5 Å². The second-order valence-corrected chi connectivity index (χ2v) is 5.40. The first-order valence-electron chi connectivity index (χ1n) is 6.91. The number of halogens is 1. The molecule has 0 atom stereocenters. The van der Waals surface area contributed by atoms with Crippen LogP contribution in [0.4, 0.5) is 5.69 Å². The van der Waals surface area contributed by atoms with Gasteiger partial charge in [-0.1, -0.05) is 18.5 Å². The van der Waals surface area contributed by atoms with Gasteiger partial charge >= 0.3 is 0 Å². The lowest BCUT2D eigenvalue weighted by Crippen LogP contribution is -2.32. The number of carbonyl (C=O) groups excluding carboxylic acids is 1. The second kappa shape index (κ2) is 5.50. The molecule has 3 rings (SSSR count).